The van der Waals surface area contributed by atoms with Crippen LogP contribution < -0.4 is 4.90 Å². The van der Waals surface area contributed by atoms with Crippen molar-refractivity contribution in [1.82, 2.24) is 9.88 Å². The Hall–Kier alpha value is -2.36. The van der Waals surface area contributed by atoms with Crippen LogP contribution in [0.1, 0.15) is 30.9 Å². The van der Waals surface area contributed by atoms with Crippen molar-refractivity contribution < 1.29 is 4.79 Å². The third kappa shape index (κ3) is 2.29. The van der Waals surface area contributed by atoms with Gasteiger partial charge in [-0.3, -0.25) is 9.78 Å². The molecule has 1 aromatic heterocycles. The van der Waals surface area contributed by atoms with Crippen LogP contribution in [0.3, 0.4) is 0 Å². The summed E-state index contributed by atoms with van der Waals surface area (Å²) in [5.74, 6) is 0.239. The van der Waals surface area contributed by atoms with Crippen molar-refractivity contribution in [2.45, 2.75) is 38.4 Å². The van der Waals surface area contributed by atoms with Gasteiger partial charge in [0.1, 0.15) is 5.54 Å². The Morgan fingerprint density at radius 2 is 1.74 bits per heavy atom. The molecule has 0 aliphatic carbocycles. The average Bonchev–Trinajstić information content (AvgIpc) is 3.19. The lowest BCUT2D eigenvalue weighted by atomic mass is 9.96. The standard InChI is InChI=1S/C19H21N3O/c1-19(9-4-12-22(19)17-7-10-20-11-8-17)18(23)21-13-15-5-2-3-6-16(15)14-21/h2-3,5-8,10-11H,4,9,12-14H2,1H3/t19-/m0/s1. The molecule has 1 fully saturated rings. The van der Waals surface area contributed by atoms with E-state index in [1.165, 1.54) is 11.1 Å². The minimum Gasteiger partial charge on any atom is -0.357 e. The quantitative estimate of drug-likeness (QED) is 0.856. The second-order valence-electron chi connectivity index (χ2n) is 6.66. The largest absolute Gasteiger partial charge is 0.357 e. The first-order valence-electron chi connectivity index (χ1n) is 8.22. The first kappa shape index (κ1) is 14.2. The van der Waals surface area contributed by atoms with E-state index < -0.39 is 5.54 Å². The maximum atomic E-state index is 13.3. The molecule has 4 rings (SSSR count). The highest BCUT2D eigenvalue weighted by Gasteiger charge is 2.46. The molecule has 0 unspecified atom stereocenters. The van der Waals surface area contributed by atoms with E-state index in [0.29, 0.717) is 0 Å². The number of nitrogens with zero attached hydrogens (tertiary/aromatic N) is 3. The molecule has 1 saturated heterocycles. The molecule has 4 nitrogen and oxygen atoms in total. The summed E-state index contributed by atoms with van der Waals surface area (Å²) < 4.78 is 0. The summed E-state index contributed by atoms with van der Waals surface area (Å²) in [5, 5.41) is 0. The molecule has 118 valence electrons. The molecule has 2 aliphatic heterocycles. The third-order valence-corrected chi connectivity index (χ3v) is 5.20. The zero-order chi connectivity index (χ0) is 15.9. The molecule has 0 N–H and O–H groups in total. The predicted molar refractivity (Wildman–Crippen MR) is 89.9 cm³/mol. The molecule has 2 aromatic rings. The van der Waals surface area contributed by atoms with E-state index in [1.807, 2.05) is 29.2 Å². The summed E-state index contributed by atoms with van der Waals surface area (Å²) in [4.78, 5) is 21.6. The Balaban J connectivity index is 1.60. The molecular weight excluding hydrogens is 286 g/mol. The van der Waals surface area contributed by atoms with Crippen LogP contribution in [0, 0.1) is 0 Å². The number of aromatic nitrogens is 1. The summed E-state index contributed by atoms with van der Waals surface area (Å²) in [7, 11) is 0. The minimum absolute atomic E-state index is 0.239. The molecule has 2 aliphatic rings. The number of anilines is 1. The highest BCUT2D eigenvalue weighted by atomic mass is 16.2. The van der Waals surface area contributed by atoms with Crippen molar-refractivity contribution in [3.8, 4) is 0 Å². The first-order chi connectivity index (χ1) is 11.2. The van der Waals surface area contributed by atoms with Gasteiger partial charge in [-0.05, 0) is 43.0 Å². The van der Waals surface area contributed by atoms with E-state index >= 15 is 0 Å². The van der Waals surface area contributed by atoms with Crippen LogP contribution in [-0.2, 0) is 17.9 Å². The number of hydrogen-bond acceptors (Lipinski definition) is 3. The first-order valence-corrected chi connectivity index (χ1v) is 8.22. The topological polar surface area (TPSA) is 36.4 Å². The van der Waals surface area contributed by atoms with E-state index in [-0.39, 0.29) is 5.91 Å². The molecule has 0 bridgehead atoms. The summed E-state index contributed by atoms with van der Waals surface area (Å²) >= 11 is 0. The Bertz CT molecular complexity index is 705. The molecule has 1 amide bonds. The Kier molecular flexibility index (Phi) is 3.33. The van der Waals surface area contributed by atoms with Crippen molar-refractivity contribution >= 4 is 11.6 Å². The molecule has 23 heavy (non-hydrogen) atoms. The van der Waals surface area contributed by atoms with E-state index in [1.54, 1.807) is 12.4 Å². The normalized spacial score (nSPS) is 23.2. The highest BCUT2D eigenvalue weighted by Crippen LogP contribution is 2.37. The van der Waals surface area contributed by atoms with Crippen LogP contribution in [0.15, 0.2) is 48.8 Å². The van der Waals surface area contributed by atoms with Gasteiger partial charge in [0.25, 0.3) is 0 Å². The van der Waals surface area contributed by atoms with Gasteiger partial charge >= 0.3 is 0 Å². The van der Waals surface area contributed by atoms with E-state index in [4.69, 9.17) is 0 Å². The van der Waals surface area contributed by atoms with Gasteiger partial charge in [0.2, 0.25) is 5.91 Å². The van der Waals surface area contributed by atoms with Crippen LogP contribution in [0.2, 0.25) is 0 Å². The molecule has 3 heterocycles. The maximum Gasteiger partial charge on any atom is 0.248 e. The number of hydrogen-bond donors (Lipinski definition) is 0. The summed E-state index contributed by atoms with van der Waals surface area (Å²) in [5.41, 5.74) is 3.18. The number of pyridine rings is 1. The van der Waals surface area contributed by atoms with Crippen LogP contribution in [0.25, 0.3) is 0 Å². The monoisotopic (exact) mass is 307 g/mol. The van der Waals surface area contributed by atoms with E-state index in [0.717, 1.165) is 38.2 Å². The molecule has 0 spiro atoms. The summed E-state index contributed by atoms with van der Waals surface area (Å²) in [6.45, 7) is 4.47. The molecule has 1 aromatic carbocycles. The van der Waals surface area contributed by atoms with Gasteiger partial charge in [-0.1, -0.05) is 24.3 Å². The van der Waals surface area contributed by atoms with Gasteiger partial charge in [-0.15, -0.1) is 0 Å². The summed E-state index contributed by atoms with van der Waals surface area (Å²) in [6, 6.07) is 12.3. The van der Waals surface area contributed by atoms with Crippen LogP contribution in [-0.4, -0.2) is 27.9 Å². The molecule has 0 radical (unpaired) electrons. The van der Waals surface area contributed by atoms with Crippen LogP contribution in [0.4, 0.5) is 5.69 Å². The number of fused-ring (bicyclic) bond motifs is 1. The van der Waals surface area contributed by atoms with Gasteiger partial charge in [0, 0.05) is 37.7 Å². The lowest BCUT2D eigenvalue weighted by Crippen LogP contribution is -2.53. The zero-order valence-electron chi connectivity index (χ0n) is 13.4. The number of benzene rings is 1. The van der Waals surface area contributed by atoms with E-state index in [2.05, 4.69) is 28.9 Å². The maximum absolute atomic E-state index is 13.3. The number of rotatable bonds is 2. The van der Waals surface area contributed by atoms with Crippen molar-refractivity contribution in [3.63, 3.8) is 0 Å². The average molecular weight is 307 g/mol. The van der Waals surface area contributed by atoms with Gasteiger partial charge in [-0.25, -0.2) is 0 Å². The Morgan fingerprint density at radius 3 is 2.39 bits per heavy atom. The lowest BCUT2D eigenvalue weighted by Gasteiger charge is -2.38. The third-order valence-electron chi connectivity index (χ3n) is 5.20. The number of amides is 1. The van der Waals surface area contributed by atoms with E-state index in [9.17, 15) is 4.79 Å². The number of carbonyl (C=O) groups excluding carboxylic acids is 1. The smallest absolute Gasteiger partial charge is 0.248 e. The second kappa shape index (κ2) is 5.37. The van der Waals surface area contributed by atoms with Crippen molar-refractivity contribution in [2.24, 2.45) is 0 Å². The Morgan fingerprint density at radius 1 is 1.09 bits per heavy atom. The fraction of sp³-hybridized carbons (Fsp3) is 0.368. The lowest BCUT2D eigenvalue weighted by molar-refractivity contribution is -0.136. The van der Waals surface area contributed by atoms with Gasteiger partial charge in [0.05, 0.1) is 0 Å². The zero-order valence-corrected chi connectivity index (χ0v) is 13.4. The van der Waals surface area contributed by atoms with Gasteiger partial charge in [-0.2, -0.15) is 0 Å². The second-order valence-corrected chi connectivity index (χ2v) is 6.66. The molecule has 1 atom stereocenters. The fourth-order valence-corrected chi connectivity index (χ4v) is 3.94. The highest BCUT2D eigenvalue weighted by molar-refractivity contribution is 5.90. The molecule has 4 heteroatoms. The fourth-order valence-electron chi connectivity index (χ4n) is 3.94. The van der Waals surface area contributed by atoms with Gasteiger partial charge < -0.3 is 9.80 Å². The van der Waals surface area contributed by atoms with Crippen molar-refractivity contribution in [3.05, 3.63) is 59.9 Å². The Labute approximate surface area is 136 Å². The predicted octanol–water partition coefficient (Wildman–Crippen LogP) is 2.98. The molecular formula is C19H21N3O. The molecule has 0 saturated carbocycles. The van der Waals surface area contributed by atoms with Crippen LogP contribution >= 0.6 is 0 Å². The van der Waals surface area contributed by atoms with Crippen molar-refractivity contribution in [2.75, 3.05) is 11.4 Å². The summed E-state index contributed by atoms with van der Waals surface area (Å²) in [6.07, 6.45) is 5.54. The SMILES string of the molecule is C[C@@]1(C(=O)N2Cc3ccccc3C2)CCCN1c1ccncc1. The van der Waals surface area contributed by atoms with Crippen LogP contribution in [0.5, 0.6) is 0 Å². The van der Waals surface area contributed by atoms with Gasteiger partial charge in [0.15, 0.2) is 0 Å². The number of carbonyl (C=O) groups is 1. The minimum atomic E-state index is -0.455. The van der Waals surface area contributed by atoms with Crippen molar-refractivity contribution in [1.29, 1.82) is 0 Å².